The Kier molecular flexibility index (Phi) is 7.82. The van der Waals surface area contributed by atoms with Crippen molar-refractivity contribution >= 4 is 33.2 Å². The van der Waals surface area contributed by atoms with E-state index in [1.807, 2.05) is 25.1 Å². The second-order valence-corrected chi connectivity index (χ2v) is 8.56. The average Bonchev–Trinajstić information content (AvgIpc) is 3.16. The Morgan fingerprint density at radius 1 is 1.16 bits per heavy atom. The van der Waals surface area contributed by atoms with Crippen molar-refractivity contribution in [3.05, 3.63) is 64.3 Å². The molecule has 3 aromatic rings. The number of rotatable bonds is 9. The van der Waals surface area contributed by atoms with Gasteiger partial charge in [0.25, 0.3) is 11.8 Å². The van der Waals surface area contributed by atoms with Crippen LogP contribution in [0.15, 0.2) is 42.5 Å². The first-order chi connectivity index (χ1) is 15.4. The lowest BCUT2D eigenvalue weighted by Crippen LogP contribution is -2.30. The number of nitrogens with one attached hydrogen (secondary N) is 1. The van der Waals surface area contributed by atoms with Gasteiger partial charge in [-0.15, -0.1) is 11.3 Å². The van der Waals surface area contributed by atoms with E-state index in [1.54, 1.807) is 32.3 Å². The van der Waals surface area contributed by atoms with Crippen LogP contribution in [0.2, 0.25) is 0 Å². The van der Waals surface area contributed by atoms with Crippen molar-refractivity contribution < 1.29 is 23.5 Å². The standard InChI is InChI=1S/C24H27FN2O4S/c1-5-18(15-9-6-7-11-19(15)31-14-21(28)27(2)3)26-24(29)23-16(13-30-4)22-17(25)10-8-12-20(22)32-23/h6-12,18H,5,13-14H2,1-4H3,(H,26,29). The van der Waals surface area contributed by atoms with E-state index >= 15 is 0 Å². The number of thiophene rings is 1. The molecule has 1 N–H and O–H groups in total. The Hall–Kier alpha value is -2.97. The van der Waals surface area contributed by atoms with Gasteiger partial charge in [0.2, 0.25) is 0 Å². The Balaban J connectivity index is 1.89. The highest BCUT2D eigenvalue weighted by Gasteiger charge is 2.24. The molecule has 2 amide bonds. The van der Waals surface area contributed by atoms with Gasteiger partial charge < -0.3 is 19.7 Å². The molecule has 6 nitrogen and oxygen atoms in total. The number of likely N-dealkylation sites (N-methyl/N-ethyl adjacent to an activating group) is 1. The van der Waals surface area contributed by atoms with Gasteiger partial charge >= 0.3 is 0 Å². The van der Waals surface area contributed by atoms with E-state index in [-0.39, 0.29) is 36.9 Å². The van der Waals surface area contributed by atoms with E-state index in [4.69, 9.17) is 9.47 Å². The number of methoxy groups -OCH3 is 1. The van der Waals surface area contributed by atoms with Crippen LogP contribution in [0.3, 0.4) is 0 Å². The maximum Gasteiger partial charge on any atom is 0.262 e. The molecule has 1 heterocycles. The summed E-state index contributed by atoms with van der Waals surface area (Å²) in [5, 5.41) is 3.47. The molecule has 2 aromatic carbocycles. The van der Waals surface area contributed by atoms with Crippen LogP contribution in [0.1, 0.15) is 40.2 Å². The predicted octanol–water partition coefficient (Wildman–Crippen LogP) is 4.53. The lowest BCUT2D eigenvalue weighted by molar-refractivity contribution is -0.130. The van der Waals surface area contributed by atoms with Gasteiger partial charge in [0.15, 0.2) is 6.61 Å². The third-order valence-corrected chi connectivity index (χ3v) is 6.31. The molecule has 0 aliphatic heterocycles. The second kappa shape index (κ2) is 10.6. The Labute approximate surface area is 190 Å². The molecule has 0 saturated carbocycles. The van der Waals surface area contributed by atoms with Crippen LogP contribution in [-0.2, 0) is 16.1 Å². The minimum atomic E-state index is -0.374. The summed E-state index contributed by atoms with van der Waals surface area (Å²) in [6, 6.07) is 11.8. The summed E-state index contributed by atoms with van der Waals surface area (Å²) < 4.78 is 26.2. The summed E-state index contributed by atoms with van der Waals surface area (Å²) in [4.78, 5) is 27.1. The lowest BCUT2D eigenvalue weighted by Gasteiger charge is -2.21. The van der Waals surface area contributed by atoms with E-state index in [2.05, 4.69) is 5.32 Å². The van der Waals surface area contributed by atoms with Crippen molar-refractivity contribution in [1.29, 1.82) is 0 Å². The van der Waals surface area contributed by atoms with Gasteiger partial charge in [-0.3, -0.25) is 9.59 Å². The molecule has 3 rings (SSSR count). The predicted molar refractivity (Wildman–Crippen MR) is 124 cm³/mol. The van der Waals surface area contributed by atoms with Crippen LogP contribution in [0.4, 0.5) is 4.39 Å². The van der Waals surface area contributed by atoms with Crippen LogP contribution in [0.25, 0.3) is 10.1 Å². The first kappa shape index (κ1) is 23.7. The largest absolute Gasteiger partial charge is 0.483 e. The third-order valence-electron chi connectivity index (χ3n) is 5.12. The molecule has 0 aliphatic rings. The fourth-order valence-corrected chi connectivity index (χ4v) is 4.55. The van der Waals surface area contributed by atoms with E-state index < -0.39 is 0 Å². The molecule has 0 spiro atoms. The normalized spacial score (nSPS) is 11.9. The van der Waals surface area contributed by atoms with Gasteiger partial charge in [-0.2, -0.15) is 0 Å². The highest BCUT2D eigenvalue weighted by Crippen LogP contribution is 2.35. The molecule has 170 valence electrons. The number of carbonyl (C=O) groups excluding carboxylic acids is 2. The third kappa shape index (κ3) is 5.08. The number of fused-ring (bicyclic) bond motifs is 1. The Morgan fingerprint density at radius 3 is 2.59 bits per heavy atom. The molecule has 0 saturated heterocycles. The van der Waals surface area contributed by atoms with Crippen molar-refractivity contribution in [2.24, 2.45) is 0 Å². The van der Waals surface area contributed by atoms with Gasteiger partial charge in [-0.05, 0) is 24.6 Å². The van der Waals surface area contributed by atoms with Gasteiger partial charge in [-0.25, -0.2) is 4.39 Å². The van der Waals surface area contributed by atoms with E-state index in [9.17, 15) is 14.0 Å². The highest BCUT2D eigenvalue weighted by molar-refractivity contribution is 7.21. The number of ether oxygens (including phenoxy) is 2. The van der Waals surface area contributed by atoms with Crippen LogP contribution >= 0.6 is 11.3 Å². The van der Waals surface area contributed by atoms with Gasteiger partial charge in [0.1, 0.15) is 11.6 Å². The minimum Gasteiger partial charge on any atom is -0.483 e. The monoisotopic (exact) mass is 458 g/mol. The second-order valence-electron chi connectivity index (χ2n) is 7.50. The zero-order valence-electron chi connectivity index (χ0n) is 18.6. The smallest absolute Gasteiger partial charge is 0.262 e. The number of hydrogen-bond acceptors (Lipinski definition) is 5. The number of para-hydroxylation sites is 1. The molecular formula is C24H27FN2O4S. The van der Waals surface area contributed by atoms with Crippen LogP contribution in [0.5, 0.6) is 5.75 Å². The van der Waals surface area contributed by atoms with Crippen LogP contribution in [-0.4, -0.2) is 44.5 Å². The number of amides is 2. The maximum atomic E-state index is 14.5. The van der Waals surface area contributed by atoms with Crippen molar-refractivity contribution in [1.82, 2.24) is 10.2 Å². The van der Waals surface area contributed by atoms with E-state index in [0.717, 1.165) is 5.56 Å². The molecule has 1 atom stereocenters. The topological polar surface area (TPSA) is 67.9 Å². The number of benzene rings is 2. The summed E-state index contributed by atoms with van der Waals surface area (Å²) in [6.45, 7) is 1.99. The molecule has 32 heavy (non-hydrogen) atoms. The van der Waals surface area contributed by atoms with Crippen molar-refractivity contribution in [2.45, 2.75) is 26.0 Å². The Bertz CT molecular complexity index is 1110. The molecule has 0 radical (unpaired) electrons. The van der Waals surface area contributed by atoms with Crippen molar-refractivity contribution in [2.75, 3.05) is 27.8 Å². The molecule has 1 aromatic heterocycles. The van der Waals surface area contributed by atoms with E-state index in [1.165, 1.54) is 29.4 Å². The average molecular weight is 459 g/mol. The quantitative estimate of drug-likeness (QED) is 0.511. The summed E-state index contributed by atoms with van der Waals surface area (Å²) in [5.41, 5.74) is 1.31. The fourth-order valence-electron chi connectivity index (χ4n) is 3.42. The minimum absolute atomic E-state index is 0.0953. The SMILES string of the molecule is CCC(NC(=O)c1sc2cccc(F)c2c1COC)c1ccccc1OCC(=O)N(C)C. The molecular weight excluding hydrogens is 431 g/mol. The first-order valence-electron chi connectivity index (χ1n) is 10.3. The number of halogens is 1. The number of nitrogens with zero attached hydrogens (tertiary/aromatic N) is 1. The molecule has 0 aliphatic carbocycles. The molecule has 0 bridgehead atoms. The number of hydrogen-bond donors (Lipinski definition) is 1. The van der Waals surface area contributed by atoms with E-state index in [0.29, 0.717) is 32.7 Å². The van der Waals surface area contributed by atoms with Gasteiger partial charge in [-0.1, -0.05) is 31.2 Å². The molecule has 0 fully saturated rings. The summed E-state index contributed by atoms with van der Waals surface area (Å²) in [6.07, 6.45) is 0.604. The van der Waals surface area contributed by atoms with Crippen LogP contribution in [0, 0.1) is 5.82 Å². The molecule has 8 heteroatoms. The number of carbonyl (C=O) groups is 2. The fraction of sp³-hybridized carbons (Fsp3) is 0.333. The van der Waals surface area contributed by atoms with Gasteiger partial charge in [0, 0.05) is 42.4 Å². The zero-order valence-corrected chi connectivity index (χ0v) is 19.4. The maximum absolute atomic E-state index is 14.5. The highest BCUT2D eigenvalue weighted by atomic mass is 32.1. The molecule has 1 unspecified atom stereocenters. The van der Waals surface area contributed by atoms with Crippen LogP contribution < -0.4 is 10.1 Å². The van der Waals surface area contributed by atoms with Gasteiger partial charge in [0.05, 0.1) is 17.5 Å². The first-order valence-corrected chi connectivity index (χ1v) is 11.1. The summed E-state index contributed by atoms with van der Waals surface area (Å²) in [7, 11) is 4.85. The van der Waals surface area contributed by atoms with Crippen molar-refractivity contribution in [3.8, 4) is 5.75 Å². The Morgan fingerprint density at radius 2 is 1.91 bits per heavy atom. The summed E-state index contributed by atoms with van der Waals surface area (Å²) >= 11 is 1.24. The van der Waals surface area contributed by atoms with Crippen molar-refractivity contribution in [3.63, 3.8) is 0 Å². The summed E-state index contributed by atoms with van der Waals surface area (Å²) in [5.74, 6) is -0.299. The zero-order chi connectivity index (χ0) is 23.3. The lowest BCUT2D eigenvalue weighted by atomic mass is 10.0.